The first-order valence-electron chi connectivity index (χ1n) is 5.34. The lowest BCUT2D eigenvalue weighted by Crippen LogP contribution is -2.19. The van der Waals surface area contributed by atoms with E-state index in [-0.39, 0.29) is 11.8 Å². The number of aliphatic carboxylic acids is 2. The van der Waals surface area contributed by atoms with Crippen molar-refractivity contribution in [1.29, 1.82) is 0 Å². The molecule has 0 fully saturated rings. The third kappa shape index (κ3) is 5.40. The quantitative estimate of drug-likeness (QED) is 0.684. The molecule has 0 spiro atoms. The summed E-state index contributed by atoms with van der Waals surface area (Å²) in [5.74, 6) is -2.21. The Hall–Kier alpha value is -1.06. The Bertz CT molecular complexity index is 225. The Balaban J connectivity index is 4.06. The van der Waals surface area contributed by atoms with Gasteiger partial charge in [-0.1, -0.05) is 20.8 Å². The van der Waals surface area contributed by atoms with Gasteiger partial charge < -0.3 is 10.2 Å². The molecule has 0 heterocycles. The first-order chi connectivity index (χ1) is 6.88. The molecule has 88 valence electrons. The molecule has 0 aromatic heterocycles. The molecule has 0 radical (unpaired) electrons. The lowest BCUT2D eigenvalue weighted by molar-refractivity contribution is -0.142. The Labute approximate surface area is 90.3 Å². The maximum Gasteiger partial charge on any atom is 0.306 e. The van der Waals surface area contributed by atoms with Gasteiger partial charge in [0.05, 0.1) is 11.8 Å². The zero-order valence-electron chi connectivity index (χ0n) is 9.56. The minimum Gasteiger partial charge on any atom is -0.481 e. The molecule has 0 aliphatic heterocycles. The number of carbonyl (C=O) groups is 2. The molecule has 0 aromatic rings. The van der Waals surface area contributed by atoms with Crippen LogP contribution in [0, 0.1) is 17.8 Å². The molecule has 0 aliphatic carbocycles. The van der Waals surface area contributed by atoms with Crippen LogP contribution in [0.4, 0.5) is 0 Å². The molecular formula is C11H20O4. The average Bonchev–Trinajstić information content (AvgIpc) is 2.13. The van der Waals surface area contributed by atoms with Gasteiger partial charge in [0.15, 0.2) is 0 Å². The summed E-state index contributed by atoms with van der Waals surface area (Å²) >= 11 is 0. The van der Waals surface area contributed by atoms with Crippen LogP contribution in [-0.4, -0.2) is 22.2 Å². The molecule has 15 heavy (non-hydrogen) atoms. The van der Waals surface area contributed by atoms with E-state index in [0.717, 1.165) is 0 Å². The van der Waals surface area contributed by atoms with Gasteiger partial charge in [-0.25, -0.2) is 0 Å². The smallest absolute Gasteiger partial charge is 0.306 e. The second kappa shape index (κ2) is 6.43. The van der Waals surface area contributed by atoms with E-state index in [4.69, 9.17) is 10.2 Å². The lowest BCUT2D eigenvalue weighted by Gasteiger charge is -2.17. The molecule has 4 nitrogen and oxygen atoms in total. The van der Waals surface area contributed by atoms with Crippen LogP contribution in [0.15, 0.2) is 0 Å². The van der Waals surface area contributed by atoms with Crippen LogP contribution in [0.1, 0.15) is 40.0 Å². The van der Waals surface area contributed by atoms with Crippen LogP contribution in [0.5, 0.6) is 0 Å². The van der Waals surface area contributed by atoms with Crippen molar-refractivity contribution < 1.29 is 19.8 Å². The summed E-state index contributed by atoms with van der Waals surface area (Å²) in [5.41, 5.74) is 0. The van der Waals surface area contributed by atoms with Crippen molar-refractivity contribution in [3.05, 3.63) is 0 Å². The monoisotopic (exact) mass is 216 g/mol. The van der Waals surface area contributed by atoms with E-state index in [9.17, 15) is 9.59 Å². The van der Waals surface area contributed by atoms with E-state index in [1.807, 2.05) is 13.8 Å². The molecule has 4 heteroatoms. The maximum atomic E-state index is 10.8. The normalized spacial score (nSPS) is 16.7. The third-order valence-electron chi connectivity index (χ3n) is 2.71. The highest BCUT2D eigenvalue weighted by atomic mass is 16.4. The molecule has 3 unspecified atom stereocenters. The van der Waals surface area contributed by atoms with Gasteiger partial charge in [0.2, 0.25) is 0 Å². The molecule has 0 amide bonds. The molecule has 0 aromatic carbocycles. The number of carboxylic acid groups (broad SMARTS) is 2. The van der Waals surface area contributed by atoms with Gasteiger partial charge in [0, 0.05) is 0 Å². The first-order valence-corrected chi connectivity index (χ1v) is 5.34. The van der Waals surface area contributed by atoms with Crippen LogP contribution in [-0.2, 0) is 9.59 Å². The van der Waals surface area contributed by atoms with Crippen molar-refractivity contribution in [2.75, 3.05) is 0 Å². The fourth-order valence-electron chi connectivity index (χ4n) is 1.73. The van der Waals surface area contributed by atoms with Gasteiger partial charge in [-0.05, 0) is 25.2 Å². The Morgan fingerprint density at radius 1 is 1.07 bits per heavy atom. The topological polar surface area (TPSA) is 74.6 Å². The number of hydrogen-bond acceptors (Lipinski definition) is 2. The summed E-state index contributed by atoms with van der Waals surface area (Å²) in [7, 11) is 0. The van der Waals surface area contributed by atoms with Gasteiger partial charge in [0.1, 0.15) is 0 Å². The zero-order chi connectivity index (χ0) is 12.0. The van der Waals surface area contributed by atoms with E-state index in [1.165, 1.54) is 0 Å². The highest BCUT2D eigenvalue weighted by Gasteiger charge is 2.21. The second-order valence-electron chi connectivity index (χ2n) is 4.26. The van der Waals surface area contributed by atoms with Crippen LogP contribution in [0.2, 0.25) is 0 Å². The Morgan fingerprint density at radius 3 is 1.93 bits per heavy atom. The van der Waals surface area contributed by atoms with Crippen molar-refractivity contribution >= 4 is 11.9 Å². The molecule has 0 saturated carbocycles. The van der Waals surface area contributed by atoms with Crippen LogP contribution in [0.25, 0.3) is 0 Å². The average molecular weight is 216 g/mol. The van der Waals surface area contributed by atoms with E-state index in [1.54, 1.807) is 6.92 Å². The van der Waals surface area contributed by atoms with E-state index < -0.39 is 17.9 Å². The largest absolute Gasteiger partial charge is 0.481 e. The van der Waals surface area contributed by atoms with E-state index >= 15 is 0 Å². The standard InChI is InChI=1S/C11H20O4/c1-4-9(11(14)15)6-7(2)5-8(3)10(12)13/h7-9H,4-6H2,1-3H3,(H,12,13)(H,14,15). The minimum absolute atomic E-state index is 0.136. The SMILES string of the molecule is CCC(CC(C)CC(C)C(=O)O)C(=O)O. The van der Waals surface area contributed by atoms with Gasteiger partial charge >= 0.3 is 11.9 Å². The number of hydrogen-bond donors (Lipinski definition) is 2. The first kappa shape index (κ1) is 13.9. The summed E-state index contributed by atoms with van der Waals surface area (Å²) in [6.45, 7) is 5.40. The van der Waals surface area contributed by atoms with Crippen molar-refractivity contribution in [2.45, 2.75) is 40.0 Å². The zero-order valence-corrected chi connectivity index (χ0v) is 9.56. The summed E-state index contributed by atoms with van der Waals surface area (Å²) in [4.78, 5) is 21.4. The molecule has 0 rings (SSSR count). The lowest BCUT2D eigenvalue weighted by atomic mass is 9.88. The van der Waals surface area contributed by atoms with Crippen molar-refractivity contribution in [3.8, 4) is 0 Å². The van der Waals surface area contributed by atoms with Crippen LogP contribution in [0.3, 0.4) is 0 Å². The molecule has 0 aliphatic rings. The molecular weight excluding hydrogens is 196 g/mol. The summed E-state index contributed by atoms with van der Waals surface area (Å²) in [6, 6.07) is 0. The van der Waals surface area contributed by atoms with Crippen molar-refractivity contribution in [2.24, 2.45) is 17.8 Å². The molecule has 0 bridgehead atoms. The fraction of sp³-hybridized carbons (Fsp3) is 0.818. The van der Waals surface area contributed by atoms with Gasteiger partial charge in [-0.3, -0.25) is 9.59 Å². The van der Waals surface area contributed by atoms with Gasteiger partial charge in [-0.2, -0.15) is 0 Å². The minimum atomic E-state index is -0.815. The number of carboxylic acids is 2. The predicted octanol–water partition coefficient (Wildman–Crippen LogP) is 2.23. The van der Waals surface area contributed by atoms with E-state index in [2.05, 4.69) is 0 Å². The Morgan fingerprint density at radius 2 is 1.60 bits per heavy atom. The van der Waals surface area contributed by atoms with Crippen molar-refractivity contribution in [1.82, 2.24) is 0 Å². The highest BCUT2D eigenvalue weighted by Crippen LogP contribution is 2.22. The van der Waals surface area contributed by atoms with E-state index in [0.29, 0.717) is 19.3 Å². The fourth-order valence-corrected chi connectivity index (χ4v) is 1.73. The molecule has 2 N–H and O–H groups in total. The Kier molecular flexibility index (Phi) is 5.97. The highest BCUT2D eigenvalue weighted by molar-refractivity contribution is 5.70. The summed E-state index contributed by atoms with van der Waals surface area (Å²) in [6.07, 6.45) is 1.70. The van der Waals surface area contributed by atoms with Crippen LogP contribution >= 0.6 is 0 Å². The molecule has 0 saturated heterocycles. The third-order valence-corrected chi connectivity index (χ3v) is 2.71. The molecule has 3 atom stereocenters. The van der Waals surface area contributed by atoms with Gasteiger partial charge in [-0.15, -0.1) is 0 Å². The second-order valence-corrected chi connectivity index (χ2v) is 4.26. The van der Waals surface area contributed by atoms with Crippen LogP contribution < -0.4 is 0 Å². The summed E-state index contributed by atoms with van der Waals surface area (Å²) < 4.78 is 0. The predicted molar refractivity (Wildman–Crippen MR) is 56.6 cm³/mol. The van der Waals surface area contributed by atoms with Crippen molar-refractivity contribution in [3.63, 3.8) is 0 Å². The summed E-state index contributed by atoms with van der Waals surface area (Å²) in [5, 5.41) is 17.6. The van der Waals surface area contributed by atoms with Gasteiger partial charge in [0.25, 0.3) is 0 Å². The number of rotatable bonds is 7. The maximum absolute atomic E-state index is 10.8.